The maximum Gasteiger partial charge on any atom is 0.279 e. The van der Waals surface area contributed by atoms with Crippen LogP contribution in [-0.2, 0) is 11.3 Å². The molecule has 1 amide bonds. The van der Waals surface area contributed by atoms with Crippen molar-refractivity contribution in [3.63, 3.8) is 0 Å². The Hall–Kier alpha value is -2.44. The molecule has 1 heterocycles. The SMILES string of the molecule is COCCn1c(=NC(=O)c2ccc(N(C)C)cc2)sc2cc(C)cc(C)c21. The predicted octanol–water partition coefficient (Wildman–Crippen LogP) is 3.77. The summed E-state index contributed by atoms with van der Waals surface area (Å²) < 4.78 is 8.49. The summed E-state index contributed by atoms with van der Waals surface area (Å²) in [5.41, 5.74) is 5.15. The van der Waals surface area contributed by atoms with Crippen LogP contribution in [0.3, 0.4) is 0 Å². The molecule has 0 aliphatic rings. The second-order valence-corrected chi connectivity index (χ2v) is 7.82. The van der Waals surface area contributed by atoms with Crippen LogP contribution in [0.5, 0.6) is 0 Å². The highest BCUT2D eigenvalue weighted by Gasteiger charge is 2.12. The molecule has 0 aliphatic heterocycles. The third-order valence-electron chi connectivity index (χ3n) is 4.46. The van der Waals surface area contributed by atoms with E-state index in [1.807, 2.05) is 43.3 Å². The molecule has 5 nitrogen and oxygen atoms in total. The minimum absolute atomic E-state index is 0.229. The lowest BCUT2D eigenvalue weighted by Gasteiger charge is -2.11. The van der Waals surface area contributed by atoms with Crippen molar-refractivity contribution in [1.82, 2.24) is 4.57 Å². The molecule has 0 bridgehead atoms. The van der Waals surface area contributed by atoms with Crippen LogP contribution < -0.4 is 9.70 Å². The van der Waals surface area contributed by atoms with Crippen LogP contribution in [0.1, 0.15) is 21.5 Å². The summed E-state index contributed by atoms with van der Waals surface area (Å²) in [6, 6.07) is 11.8. The molecule has 0 fully saturated rings. The maximum absolute atomic E-state index is 12.7. The number of hydrogen-bond donors (Lipinski definition) is 0. The van der Waals surface area contributed by atoms with E-state index in [1.54, 1.807) is 18.4 Å². The quantitative estimate of drug-likeness (QED) is 0.674. The molecule has 0 N–H and O–H groups in total. The Balaban J connectivity index is 2.08. The fourth-order valence-corrected chi connectivity index (χ4v) is 4.35. The lowest BCUT2D eigenvalue weighted by Crippen LogP contribution is -2.19. The second-order valence-electron chi connectivity index (χ2n) is 6.82. The Morgan fingerprint density at radius 2 is 1.89 bits per heavy atom. The van der Waals surface area contributed by atoms with Crippen molar-refractivity contribution < 1.29 is 9.53 Å². The van der Waals surface area contributed by atoms with Crippen molar-refractivity contribution in [2.45, 2.75) is 20.4 Å². The van der Waals surface area contributed by atoms with Crippen LogP contribution in [0.4, 0.5) is 5.69 Å². The smallest absolute Gasteiger partial charge is 0.279 e. The normalized spacial score (nSPS) is 12.0. The summed E-state index contributed by atoms with van der Waals surface area (Å²) in [6.45, 7) is 5.40. The van der Waals surface area contributed by atoms with Crippen LogP contribution in [0.25, 0.3) is 10.2 Å². The molecule has 2 aromatic carbocycles. The van der Waals surface area contributed by atoms with Gasteiger partial charge in [-0.25, -0.2) is 0 Å². The lowest BCUT2D eigenvalue weighted by atomic mass is 10.1. The zero-order chi connectivity index (χ0) is 19.6. The minimum Gasteiger partial charge on any atom is -0.383 e. The van der Waals surface area contributed by atoms with E-state index in [4.69, 9.17) is 4.74 Å². The molecule has 0 spiro atoms. The van der Waals surface area contributed by atoms with E-state index in [1.165, 1.54) is 11.1 Å². The Bertz CT molecular complexity index is 1030. The summed E-state index contributed by atoms with van der Waals surface area (Å²) in [4.78, 5) is 19.9. The van der Waals surface area contributed by atoms with Gasteiger partial charge in [-0.15, -0.1) is 0 Å². The van der Waals surface area contributed by atoms with Gasteiger partial charge in [-0.05, 0) is 55.3 Å². The molecule has 27 heavy (non-hydrogen) atoms. The van der Waals surface area contributed by atoms with Crippen LogP contribution in [0, 0.1) is 13.8 Å². The van der Waals surface area contributed by atoms with Crippen LogP contribution in [-0.4, -0.2) is 38.3 Å². The molecule has 0 saturated carbocycles. The molecular formula is C21H25N3O2S. The van der Waals surface area contributed by atoms with Gasteiger partial charge in [0.25, 0.3) is 5.91 Å². The number of fused-ring (bicyclic) bond motifs is 1. The molecule has 0 radical (unpaired) electrons. The molecule has 6 heteroatoms. The largest absolute Gasteiger partial charge is 0.383 e. The number of ether oxygens (including phenoxy) is 1. The van der Waals surface area contributed by atoms with Crippen molar-refractivity contribution in [3.05, 3.63) is 57.9 Å². The van der Waals surface area contributed by atoms with Crippen LogP contribution in [0.2, 0.25) is 0 Å². The first-order valence-electron chi connectivity index (χ1n) is 8.86. The molecule has 0 saturated heterocycles. The highest BCUT2D eigenvalue weighted by atomic mass is 32.1. The number of amides is 1. The van der Waals surface area contributed by atoms with Crippen molar-refractivity contribution >= 4 is 33.1 Å². The summed E-state index contributed by atoms with van der Waals surface area (Å²) in [6.07, 6.45) is 0. The van der Waals surface area contributed by atoms with E-state index in [-0.39, 0.29) is 5.91 Å². The van der Waals surface area contributed by atoms with Gasteiger partial charge in [0, 0.05) is 39.0 Å². The van der Waals surface area contributed by atoms with Crippen molar-refractivity contribution in [2.24, 2.45) is 4.99 Å². The van der Waals surface area contributed by atoms with E-state index >= 15 is 0 Å². The van der Waals surface area contributed by atoms with E-state index in [0.29, 0.717) is 23.5 Å². The van der Waals surface area contributed by atoms with Crippen LogP contribution >= 0.6 is 11.3 Å². The molecule has 0 atom stereocenters. The van der Waals surface area contributed by atoms with Gasteiger partial charge in [-0.2, -0.15) is 4.99 Å². The van der Waals surface area contributed by atoms with Gasteiger partial charge in [0.2, 0.25) is 0 Å². The van der Waals surface area contributed by atoms with Crippen LogP contribution in [0.15, 0.2) is 41.4 Å². The van der Waals surface area contributed by atoms with Gasteiger partial charge in [-0.1, -0.05) is 17.4 Å². The number of hydrogen-bond acceptors (Lipinski definition) is 4. The van der Waals surface area contributed by atoms with E-state index in [0.717, 1.165) is 15.9 Å². The number of rotatable bonds is 5. The molecular weight excluding hydrogens is 358 g/mol. The Morgan fingerprint density at radius 1 is 1.19 bits per heavy atom. The monoisotopic (exact) mass is 383 g/mol. The Labute approximate surface area is 163 Å². The number of nitrogens with zero attached hydrogens (tertiary/aromatic N) is 3. The predicted molar refractivity (Wildman–Crippen MR) is 112 cm³/mol. The Morgan fingerprint density at radius 3 is 2.52 bits per heavy atom. The number of anilines is 1. The number of carbonyl (C=O) groups is 1. The third-order valence-corrected chi connectivity index (χ3v) is 5.48. The average molecular weight is 384 g/mol. The fourth-order valence-electron chi connectivity index (χ4n) is 3.12. The summed E-state index contributed by atoms with van der Waals surface area (Å²) in [7, 11) is 5.63. The van der Waals surface area contributed by atoms with Gasteiger partial charge in [-0.3, -0.25) is 4.79 Å². The third kappa shape index (κ3) is 4.12. The van der Waals surface area contributed by atoms with Gasteiger partial charge in [0.1, 0.15) is 0 Å². The highest BCUT2D eigenvalue weighted by Crippen LogP contribution is 2.23. The summed E-state index contributed by atoms with van der Waals surface area (Å²) in [5, 5.41) is 0. The zero-order valence-electron chi connectivity index (χ0n) is 16.4. The van der Waals surface area contributed by atoms with Crippen molar-refractivity contribution in [1.29, 1.82) is 0 Å². The Kier molecular flexibility index (Phi) is 5.77. The average Bonchev–Trinajstić information content (AvgIpc) is 2.96. The number of aromatic nitrogens is 1. The number of thiazole rings is 1. The summed E-state index contributed by atoms with van der Waals surface area (Å²) in [5.74, 6) is -0.229. The van der Waals surface area contributed by atoms with Crippen molar-refractivity contribution in [3.8, 4) is 0 Å². The molecule has 3 aromatic rings. The number of methoxy groups -OCH3 is 1. The molecule has 3 rings (SSSR count). The fraction of sp³-hybridized carbons (Fsp3) is 0.333. The number of benzene rings is 2. The second kappa shape index (κ2) is 8.06. The first-order chi connectivity index (χ1) is 12.9. The topological polar surface area (TPSA) is 46.8 Å². The molecule has 0 aliphatic carbocycles. The van der Waals surface area contributed by atoms with Gasteiger partial charge in [0.15, 0.2) is 4.80 Å². The first-order valence-corrected chi connectivity index (χ1v) is 9.68. The number of carbonyl (C=O) groups excluding carboxylic acids is 1. The summed E-state index contributed by atoms with van der Waals surface area (Å²) >= 11 is 1.55. The lowest BCUT2D eigenvalue weighted by molar-refractivity contribution is 0.0997. The van der Waals surface area contributed by atoms with E-state index in [9.17, 15) is 4.79 Å². The minimum atomic E-state index is -0.229. The van der Waals surface area contributed by atoms with Crippen molar-refractivity contribution in [2.75, 3.05) is 32.7 Å². The first kappa shape index (κ1) is 19.3. The highest BCUT2D eigenvalue weighted by molar-refractivity contribution is 7.16. The molecule has 1 aromatic heterocycles. The number of aryl methyl sites for hydroxylation is 2. The van der Waals surface area contributed by atoms with E-state index in [2.05, 4.69) is 35.5 Å². The zero-order valence-corrected chi connectivity index (χ0v) is 17.3. The maximum atomic E-state index is 12.7. The molecule has 0 unspecified atom stereocenters. The van der Waals surface area contributed by atoms with E-state index < -0.39 is 0 Å². The molecule has 142 valence electrons. The van der Waals surface area contributed by atoms with Gasteiger partial charge >= 0.3 is 0 Å². The van der Waals surface area contributed by atoms with Gasteiger partial charge in [0.05, 0.1) is 16.8 Å². The standard InChI is InChI=1S/C21H25N3O2S/c1-14-12-15(2)19-18(13-14)27-21(24(19)10-11-26-5)22-20(25)16-6-8-17(9-7-16)23(3)4/h6-9,12-13H,10-11H2,1-5H3. The van der Waals surface area contributed by atoms with Gasteiger partial charge < -0.3 is 14.2 Å².